The average Bonchev–Trinajstić information content (AvgIpc) is 3.17. The highest BCUT2D eigenvalue weighted by atomic mass is 32.2. The fourth-order valence-electron chi connectivity index (χ4n) is 3.15. The third-order valence-corrected chi connectivity index (χ3v) is 6.26. The topological polar surface area (TPSA) is 164 Å². The van der Waals surface area contributed by atoms with Crippen molar-refractivity contribution in [3.63, 3.8) is 0 Å². The minimum absolute atomic E-state index is 0.0812. The predicted molar refractivity (Wildman–Crippen MR) is 92.9 cm³/mol. The summed E-state index contributed by atoms with van der Waals surface area (Å²) < 4.78 is 26.2. The van der Waals surface area contributed by atoms with Crippen LogP contribution in [0.3, 0.4) is 0 Å². The lowest BCUT2D eigenvalue weighted by atomic mass is 10.2. The molecule has 1 atom stereocenters. The minimum atomic E-state index is -4.40. The van der Waals surface area contributed by atoms with Gasteiger partial charge in [0.05, 0.1) is 10.6 Å². The molecule has 2 aliphatic heterocycles. The van der Waals surface area contributed by atoms with Gasteiger partial charge in [0.1, 0.15) is 6.04 Å². The Morgan fingerprint density at radius 3 is 2.07 bits per heavy atom. The Bertz CT molecular complexity index is 971. The van der Waals surface area contributed by atoms with Gasteiger partial charge in [-0.2, -0.15) is 0 Å². The van der Waals surface area contributed by atoms with E-state index in [-0.39, 0.29) is 36.3 Å². The Morgan fingerprint density at radius 1 is 0.964 bits per heavy atom. The molecule has 11 nitrogen and oxygen atoms in total. The van der Waals surface area contributed by atoms with Gasteiger partial charge in [0.2, 0.25) is 17.7 Å². The van der Waals surface area contributed by atoms with Gasteiger partial charge in [0.15, 0.2) is 0 Å². The molecular weight excluding hydrogens is 392 g/mol. The standard InChI is InChI=1S/C16H16N4O7S/c17-16(25)18-15(24)11-5-6-14(23)20(11)28(26,27)10-3-1-9(2-4-10)19-12(21)7-8-13(19)22/h1-4,11H,5-8H2,(H3,17,18,24,25). The maximum atomic E-state index is 12.9. The van der Waals surface area contributed by atoms with E-state index >= 15 is 0 Å². The molecule has 1 unspecified atom stereocenters. The Kier molecular flexibility index (Phi) is 4.89. The number of carbonyl (C=O) groups excluding carboxylic acids is 5. The Balaban J connectivity index is 1.90. The van der Waals surface area contributed by atoms with Gasteiger partial charge in [-0.3, -0.25) is 29.4 Å². The summed E-state index contributed by atoms with van der Waals surface area (Å²) in [5.74, 6) is -2.57. The van der Waals surface area contributed by atoms with Crippen LogP contribution in [0.25, 0.3) is 0 Å². The van der Waals surface area contributed by atoms with E-state index in [0.29, 0.717) is 4.31 Å². The van der Waals surface area contributed by atoms with Crippen LogP contribution in [0, 0.1) is 0 Å². The van der Waals surface area contributed by atoms with Crippen LogP contribution in [0.1, 0.15) is 25.7 Å². The second-order valence-corrected chi connectivity index (χ2v) is 8.03. The summed E-state index contributed by atoms with van der Waals surface area (Å²) in [5, 5.41) is 1.77. The number of nitrogens with two attached hydrogens (primary N) is 1. The Morgan fingerprint density at radius 2 is 1.54 bits per heavy atom. The van der Waals surface area contributed by atoms with Crippen molar-refractivity contribution in [1.82, 2.24) is 9.62 Å². The fraction of sp³-hybridized carbons (Fsp3) is 0.312. The van der Waals surface area contributed by atoms with E-state index in [9.17, 15) is 32.4 Å². The molecule has 2 aliphatic rings. The maximum Gasteiger partial charge on any atom is 0.318 e. The molecule has 0 spiro atoms. The zero-order chi connectivity index (χ0) is 20.6. The van der Waals surface area contributed by atoms with E-state index in [1.807, 2.05) is 0 Å². The van der Waals surface area contributed by atoms with Gasteiger partial charge < -0.3 is 5.73 Å². The lowest BCUT2D eigenvalue weighted by Gasteiger charge is -2.23. The first-order valence-electron chi connectivity index (χ1n) is 8.26. The molecule has 0 bridgehead atoms. The smallest absolute Gasteiger partial charge is 0.318 e. The fourth-order valence-corrected chi connectivity index (χ4v) is 4.75. The lowest BCUT2D eigenvalue weighted by Crippen LogP contribution is -2.50. The summed E-state index contributed by atoms with van der Waals surface area (Å²) in [5.41, 5.74) is 5.09. The van der Waals surface area contributed by atoms with Crippen LogP contribution in [0.15, 0.2) is 29.2 Å². The molecule has 3 N–H and O–H groups in total. The summed E-state index contributed by atoms with van der Waals surface area (Å²) in [6, 6.07) is 2.26. The molecule has 2 heterocycles. The van der Waals surface area contributed by atoms with Crippen molar-refractivity contribution < 1.29 is 32.4 Å². The van der Waals surface area contributed by atoms with Crippen molar-refractivity contribution in [1.29, 1.82) is 0 Å². The van der Waals surface area contributed by atoms with Crippen LogP contribution in [-0.4, -0.2) is 48.4 Å². The normalized spacial score (nSPS) is 20.0. The van der Waals surface area contributed by atoms with E-state index in [1.165, 1.54) is 12.1 Å². The number of rotatable bonds is 4. The van der Waals surface area contributed by atoms with Crippen molar-refractivity contribution in [2.45, 2.75) is 36.6 Å². The van der Waals surface area contributed by atoms with E-state index in [2.05, 4.69) is 0 Å². The molecule has 2 saturated heterocycles. The first-order valence-corrected chi connectivity index (χ1v) is 9.70. The maximum absolute atomic E-state index is 12.9. The average molecular weight is 408 g/mol. The number of hydrogen-bond acceptors (Lipinski definition) is 7. The largest absolute Gasteiger partial charge is 0.351 e. The lowest BCUT2D eigenvalue weighted by molar-refractivity contribution is -0.130. The molecule has 0 radical (unpaired) electrons. The Labute approximate surface area is 159 Å². The van der Waals surface area contributed by atoms with E-state index < -0.39 is 45.7 Å². The molecule has 148 valence electrons. The SMILES string of the molecule is NC(=O)NC(=O)C1CCC(=O)N1S(=O)(=O)c1ccc(N2C(=O)CCC2=O)cc1. The number of nitrogens with one attached hydrogen (secondary N) is 1. The first-order chi connectivity index (χ1) is 13.1. The van der Waals surface area contributed by atoms with Gasteiger partial charge >= 0.3 is 6.03 Å². The van der Waals surface area contributed by atoms with Crippen LogP contribution in [0.4, 0.5) is 10.5 Å². The third kappa shape index (κ3) is 3.33. The van der Waals surface area contributed by atoms with Crippen LogP contribution >= 0.6 is 0 Å². The second kappa shape index (κ2) is 7.03. The number of sulfonamides is 1. The van der Waals surface area contributed by atoms with Gasteiger partial charge in [-0.1, -0.05) is 0 Å². The van der Waals surface area contributed by atoms with Crippen LogP contribution in [0.2, 0.25) is 0 Å². The van der Waals surface area contributed by atoms with Crippen molar-refractivity contribution in [3.05, 3.63) is 24.3 Å². The number of hydrogen-bond donors (Lipinski definition) is 2. The molecule has 1 aromatic carbocycles. The highest BCUT2D eigenvalue weighted by molar-refractivity contribution is 7.89. The molecule has 1 aromatic rings. The highest BCUT2D eigenvalue weighted by Gasteiger charge is 2.44. The van der Waals surface area contributed by atoms with Crippen molar-refractivity contribution in [3.8, 4) is 0 Å². The summed E-state index contributed by atoms with van der Waals surface area (Å²) in [7, 11) is -4.40. The van der Waals surface area contributed by atoms with E-state index in [4.69, 9.17) is 5.73 Å². The van der Waals surface area contributed by atoms with Crippen LogP contribution in [0.5, 0.6) is 0 Å². The Hall–Kier alpha value is -3.28. The van der Waals surface area contributed by atoms with Crippen molar-refractivity contribution in [2.75, 3.05) is 4.90 Å². The van der Waals surface area contributed by atoms with Gasteiger partial charge in [-0.25, -0.2) is 17.5 Å². The third-order valence-electron chi connectivity index (χ3n) is 4.41. The molecule has 0 aromatic heterocycles. The molecule has 6 amide bonds. The van der Waals surface area contributed by atoms with Crippen molar-refractivity contribution in [2.24, 2.45) is 5.73 Å². The molecule has 12 heteroatoms. The zero-order valence-electron chi connectivity index (χ0n) is 14.5. The summed E-state index contributed by atoms with van der Waals surface area (Å²) in [6.07, 6.45) is -0.118. The first kappa shape index (κ1) is 19.5. The molecule has 0 saturated carbocycles. The summed E-state index contributed by atoms with van der Waals surface area (Å²) in [4.78, 5) is 59.2. The molecule has 2 fully saturated rings. The summed E-state index contributed by atoms with van der Waals surface area (Å²) in [6.45, 7) is 0. The number of imide groups is 2. The van der Waals surface area contributed by atoms with Gasteiger partial charge in [-0.05, 0) is 30.7 Å². The number of benzene rings is 1. The number of urea groups is 1. The predicted octanol–water partition coefficient (Wildman–Crippen LogP) is -0.785. The van der Waals surface area contributed by atoms with Crippen LogP contribution in [-0.2, 0) is 29.2 Å². The van der Waals surface area contributed by atoms with E-state index in [0.717, 1.165) is 17.0 Å². The number of amides is 6. The highest BCUT2D eigenvalue weighted by Crippen LogP contribution is 2.29. The molecule has 0 aliphatic carbocycles. The van der Waals surface area contributed by atoms with Crippen LogP contribution < -0.4 is 16.0 Å². The minimum Gasteiger partial charge on any atom is -0.351 e. The number of anilines is 1. The summed E-state index contributed by atoms with van der Waals surface area (Å²) >= 11 is 0. The number of primary amides is 1. The number of carbonyl (C=O) groups is 5. The van der Waals surface area contributed by atoms with Gasteiger partial charge in [0.25, 0.3) is 15.9 Å². The quantitative estimate of drug-likeness (QED) is 0.617. The molecule has 28 heavy (non-hydrogen) atoms. The monoisotopic (exact) mass is 408 g/mol. The van der Waals surface area contributed by atoms with E-state index in [1.54, 1.807) is 5.32 Å². The second-order valence-electron chi connectivity index (χ2n) is 6.22. The zero-order valence-corrected chi connectivity index (χ0v) is 15.3. The van der Waals surface area contributed by atoms with Crippen molar-refractivity contribution >= 4 is 45.4 Å². The molecular formula is C16H16N4O7S. The van der Waals surface area contributed by atoms with Gasteiger partial charge in [0, 0.05) is 19.3 Å². The number of nitrogens with zero attached hydrogens (tertiary/aromatic N) is 2. The molecule has 3 rings (SSSR count). The van der Waals surface area contributed by atoms with Gasteiger partial charge in [-0.15, -0.1) is 0 Å².